The zero-order valence-electron chi connectivity index (χ0n) is 5.26. The quantitative estimate of drug-likeness (QED) is 0.592. The number of hydrogen-bond acceptors (Lipinski definition) is 2. The minimum atomic E-state index is -1.43. The van der Waals surface area contributed by atoms with Crippen molar-refractivity contribution in [3.8, 4) is 0 Å². The van der Waals surface area contributed by atoms with Crippen molar-refractivity contribution in [2.75, 3.05) is 11.5 Å². The highest BCUT2D eigenvalue weighted by Crippen LogP contribution is 2.25. The maximum absolute atomic E-state index is 12.5. The van der Waals surface area contributed by atoms with Crippen molar-refractivity contribution in [1.82, 2.24) is 0 Å². The second kappa shape index (κ2) is 3.05. The minimum Gasteiger partial charge on any atom is -0.476 e. The molecule has 0 saturated carbocycles. The van der Waals surface area contributed by atoms with Crippen molar-refractivity contribution in [1.29, 1.82) is 0 Å². The van der Waals surface area contributed by atoms with Crippen molar-refractivity contribution in [3.05, 3.63) is 11.4 Å². The van der Waals surface area contributed by atoms with Crippen LogP contribution >= 0.6 is 11.8 Å². The number of carboxylic acid groups (broad SMARTS) is 1. The van der Waals surface area contributed by atoms with Crippen molar-refractivity contribution in [3.63, 3.8) is 0 Å². The molecule has 0 spiro atoms. The van der Waals surface area contributed by atoms with Gasteiger partial charge in [0, 0.05) is 5.75 Å². The highest BCUT2D eigenvalue weighted by molar-refractivity contribution is 7.99. The molecule has 0 aromatic heterocycles. The summed E-state index contributed by atoms with van der Waals surface area (Å²) in [4.78, 5) is 10.0. The fourth-order valence-corrected chi connectivity index (χ4v) is 1.84. The predicted octanol–water partition coefficient (Wildman–Crippen LogP) is 1.43. The molecule has 1 fully saturated rings. The molecule has 0 amide bonds. The molecular formula is C6H7FO2S. The van der Waals surface area contributed by atoms with E-state index in [1.165, 1.54) is 0 Å². The summed E-state index contributed by atoms with van der Waals surface area (Å²) in [6, 6.07) is 0. The second-order valence-corrected chi connectivity index (χ2v) is 3.13. The molecule has 0 radical (unpaired) electrons. The van der Waals surface area contributed by atoms with E-state index < -0.39 is 11.8 Å². The van der Waals surface area contributed by atoms with Gasteiger partial charge in [-0.3, -0.25) is 0 Å². The third-order valence-electron chi connectivity index (χ3n) is 1.32. The van der Waals surface area contributed by atoms with Gasteiger partial charge in [0.25, 0.3) is 0 Å². The molecule has 4 heteroatoms. The van der Waals surface area contributed by atoms with Crippen LogP contribution in [0.5, 0.6) is 0 Å². The van der Waals surface area contributed by atoms with Crippen molar-refractivity contribution < 1.29 is 14.3 Å². The largest absolute Gasteiger partial charge is 0.476 e. The molecule has 1 aliphatic heterocycles. The molecule has 10 heavy (non-hydrogen) atoms. The number of rotatable bonds is 1. The average molecular weight is 162 g/mol. The van der Waals surface area contributed by atoms with Crippen molar-refractivity contribution in [2.24, 2.45) is 0 Å². The zero-order valence-corrected chi connectivity index (χ0v) is 6.08. The maximum Gasteiger partial charge on any atom is 0.364 e. The number of carbonyl (C=O) groups is 1. The van der Waals surface area contributed by atoms with E-state index in [2.05, 4.69) is 0 Å². The van der Waals surface area contributed by atoms with Crippen LogP contribution in [0.4, 0.5) is 4.39 Å². The van der Waals surface area contributed by atoms with Crippen LogP contribution in [0.15, 0.2) is 11.4 Å². The van der Waals surface area contributed by atoms with E-state index in [4.69, 9.17) is 5.11 Å². The van der Waals surface area contributed by atoms with Gasteiger partial charge in [0.1, 0.15) is 0 Å². The monoisotopic (exact) mass is 162 g/mol. The molecule has 0 atom stereocenters. The number of thioether (sulfide) groups is 1. The molecule has 1 rings (SSSR count). The summed E-state index contributed by atoms with van der Waals surface area (Å²) in [5, 5.41) is 8.20. The number of carboxylic acids is 1. The van der Waals surface area contributed by atoms with E-state index in [1.54, 1.807) is 11.8 Å². The fourth-order valence-electron chi connectivity index (χ4n) is 0.787. The summed E-state index contributed by atoms with van der Waals surface area (Å²) in [6.45, 7) is 0. The summed E-state index contributed by atoms with van der Waals surface area (Å²) in [5.41, 5.74) is 0.442. The molecule has 1 N–H and O–H groups in total. The molecule has 56 valence electrons. The first kappa shape index (κ1) is 7.60. The van der Waals surface area contributed by atoms with Gasteiger partial charge in [0.15, 0.2) is 0 Å². The van der Waals surface area contributed by atoms with E-state index in [-0.39, 0.29) is 0 Å². The summed E-state index contributed by atoms with van der Waals surface area (Å²) >= 11 is 1.57. The Hall–Kier alpha value is -0.510. The van der Waals surface area contributed by atoms with E-state index >= 15 is 0 Å². The number of halogens is 1. The Bertz CT molecular complexity index is 180. The Morgan fingerprint density at radius 1 is 1.70 bits per heavy atom. The first-order chi connectivity index (χ1) is 4.72. The minimum absolute atomic E-state index is 0.442. The van der Waals surface area contributed by atoms with E-state index in [1.807, 2.05) is 0 Å². The summed E-state index contributed by atoms with van der Waals surface area (Å²) in [6.07, 6.45) is 0.586. The lowest BCUT2D eigenvalue weighted by molar-refractivity contribution is -0.134. The topological polar surface area (TPSA) is 37.3 Å². The number of aliphatic carboxylic acids is 1. The lowest BCUT2D eigenvalue weighted by Crippen LogP contribution is -1.99. The van der Waals surface area contributed by atoms with Gasteiger partial charge in [-0.1, -0.05) is 0 Å². The lowest BCUT2D eigenvalue weighted by Gasteiger charge is -1.92. The Labute approximate surface area is 62.1 Å². The van der Waals surface area contributed by atoms with E-state index in [9.17, 15) is 9.18 Å². The molecule has 2 nitrogen and oxygen atoms in total. The zero-order chi connectivity index (χ0) is 7.56. The molecule has 1 saturated heterocycles. The van der Waals surface area contributed by atoms with Gasteiger partial charge < -0.3 is 5.11 Å². The van der Waals surface area contributed by atoms with E-state index in [0.29, 0.717) is 17.7 Å². The number of hydrogen-bond donors (Lipinski definition) is 1. The third kappa shape index (κ3) is 1.50. The van der Waals surface area contributed by atoms with Crippen LogP contribution < -0.4 is 0 Å². The van der Waals surface area contributed by atoms with Crippen LogP contribution in [0.3, 0.4) is 0 Å². The van der Waals surface area contributed by atoms with Crippen LogP contribution in [0.25, 0.3) is 0 Å². The molecule has 0 aromatic carbocycles. The third-order valence-corrected chi connectivity index (χ3v) is 2.37. The normalized spacial score (nSPS) is 22.9. The van der Waals surface area contributed by atoms with Crippen LogP contribution in [0.2, 0.25) is 0 Å². The van der Waals surface area contributed by atoms with Crippen LogP contribution in [-0.4, -0.2) is 22.6 Å². The van der Waals surface area contributed by atoms with Gasteiger partial charge in [0.05, 0.1) is 0 Å². The fraction of sp³-hybridized carbons (Fsp3) is 0.500. The summed E-state index contributed by atoms with van der Waals surface area (Å²) in [5.74, 6) is -1.00. The SMILES string of the molecule is O=C(O)C(F)=C1CCSC1. The smallest absolute Gasteiger partial charge is 0.364 e. The highest BCUT2D eigenvalue weighted by atomic mass is 32.2. The maximum atomic E-state index is 12.5. The first-order valence-electron chi connectivity index (χ1n) is 2.90. The average Bonchev–Trinajstić information content (AvgIpc) is 2.36. The van der Waals surface area contributed by atoms with Crippen molar-refractivity contribution in [2.45, 2.75) is 6.42 Å². The standard InChI is InChI=1S/C6H7FO2S/c7-5(6(8)9)4-1-2-10-3-4/h1-3H2,(H,8,9). The Morgan fingerprint density at radius 2 is 2.40 bits per heavy atom. The molecule has 0 aromatic rings. The summed E-state index contributed by atoms with van der Waals surface area (Å²) < 4.78 is 12.5. The first-order valence-corrected chi connectivity index (χ1v) is 4.06. The van der Waals surface area contributed by atoms with Gasteiger partial charge >= 0.3 is 5.97 Å². The van der Waals surface area contributed by atoms with Crippen LogP contribution in [0, 0.1) is 0 Å². The van der Waals surface area contributed by atoms with Crippen LogP contribution in [-0.2, 0) is 4.79 Å². The Balaban J connectivity index is 2.73. The van der Waals surface area contributed by atoms with Crippen LogP contribution in [0.1, 0.15) is 6.42 Å². The highest BCUT2D eigenvalue weighted by Gasteiger charge is 2.17. The molecular weight excluding hydrogens is 155 g/mol. The van der Waals surface area contributed by atoms with Gasteiger partial charge in [-0.15, -0.1) is 0 Å². The van der Waals surface area contributed by atoms with E-state index in [0.717, 1.165) is 5.75 Å². The molecule has 0 bridgehead atoms. The summed E-state index contributed by atoms with van der Waals surface area (Å²) in [7, 11) is 0. The molecule has 1 heterocycles. The molecule has 0 aliphatic carbocycles. The Morgan fingerprint density at radius 3 is 2.80 bits per heavy atom. The van der Waals surface area contributed by atoms with Gasteiger partial charge in [-0.25, -0.2) is 4.79 Å². The Kier molecular flexibility index (Phi) is 2.32. The van der Waals surface area contributed by atoms with Gasteiger partial charge in [-0.2, -0.15) is 16.2 Å². The van der Waals surface area contributed by atoms with Gasteiger partial charge in [-0.05, 0) is 17.7 Å². The van der Waals surface area contributed by atoms with Gasteiger partial charge in [0.2, 0.25) is 5.83 Å². The predicted molar refractivity (Wildman–Crippen MR) is 37.7 cm³/mol. The molecule has 0 unspecified atom stereocenters. The van der Waals surface area contributed by atoms with Crippen molar-refractivity contribution >= 4 is 17.7 Å². The molecule has 1 aliphatic rings. The second-order valence-electron chi connectivity index (χ2n) is 2.03. The lowest BCUT2D eigenvalue weighted by atomic mass is 10.2.